The topological polar surface area (TPSA) is 49.4 Å². The lowest BCUT2D eigenvalue weighted by molar-refractivity contribution is -0.119. The van der Waals surface area contributed by atoms with Crippen molar-refractivity contribution in [2.24, 2.45) is 0 Å². The van der Waals surface area contributed by atoms with Gasteiger partial charge in [-0.3, -0.25) is 14.5 Å². The van der Waals surface area contributed by atoms with Crippen LogP contribution in [0.15, 0.2) is 90.1 Å². The number of amides is 1. The van der Waals surface area contributed by atoms with E-state index in [1.54, 1.807) is 4.90 Å². The zero-order valence-electron chi connectivity index (χ0n) is 18.4. The average molecular weight is 457 g/mol. The minimum absolute atomic E-state index is 0.0315. The van der Waals surface area contributed by atoms with Gasteiger partial charge in [-0.1, -0.05) is 73.1 Å². The van der Waals surface area contributed by atoms with Crippen LogP contribution in [0.2, 0.25) is 5.02 Å². The first-order valence-corrected chi connectivity index (χ1v) is 11.7. The van der Waals surface area contributed by atoms with E-state index in [0.29, 0.717) is 29.9 Å². The van der Waals surface area contributed by atoms with Crippen LogP contribution >= 0.6 is 11.6 Å². The van der Waals surface area contributed by atoms with Crippen LogP contribution in [0.25, 0.3) is 0 Å². The highest BCUT2D eigenvalue weighted by Gasteiger charge is 2.41. The Hall–Kier alpha value is -3.37. The number of benzene rings is 3. The second kappa shape index (κ2) is 8.87. The van der Waals surface area contributed by atoms with Crippen LogP contribution in [-0.4, -0.2) is 11.7 Å². The number of Topliss-reactive ketones (excluding diaryl/α,β-unsaturated/α-hetero) is 1. The third-order valence-corrected chi connectivity index (χ3v) is 6.77. The summed E-state index contributed by atoms with van der Waals surface area (Å²) in [6.07, 6.45) is 1.46. The number of nitrogens with one attached hydrogen (secondary N) is 1. The summed E-state index contributed by atoms with van der Waals surface area (Å²) in [6, 6.07) is 24.9. The first-order chi connectivity index (χ1) is 16.1. The molecule has 5 rings (SSSR count). The van der Waals surface area contributed by atoms with Gasteiger partial charge in [0.2, 0.25) is 5.91 Å². The molecule has 1 N–H and O–H groups in total. The molecule has 0 spiro atoms. The van der Waals surface area contributed by atoms with Crippen molar-refractivity contribution in [1.29, 1.82) is 0 Å². The molecular weight excluding hydrogens is 432 g/mol. The summed E-state index contributed by atoms with van der Waals surface area (Å²) in [7, 11) is 0. The fourth-order valence-corrected chi connectivity index (χ4v) is 5.08. The van der Waals surface area contributed by atoms with Crippen molar-refractivity contribution < 1.29 is 9.59 Å². The van der Waals surface area contributed by atoms with E-state index < -0.39 is 6.04 Å². The van der Waals surface area contributed by atoms with Crippen LogP contribution in [0.4, 0.5) is 11.4 Å². The van der Waals surface area contributed by atoms with E-state index in [2.05, 4.69) is 17.4 Å². The Morgan fingerprint density at radius 3 is 2.36 bits per heavy atom. The lowest BCUT2D eigenvalue weighted by Crippen LogP contribution is -2.38. The van der Waals surface area contributed by atoms with Gasteiger partial charge in [0.05, 0.1) is 17.4 Å². The molecule has 0 unspecified atom stereocenters. The molecule has 2 aliphatic rings. The number of hydrogen-bond acceptors (Lipinski definition) is 3. The number of allylic oxidation sites excluding steroid dienone is 1. The minimum atomic E-state index is -0.509. The predicted molar refractivity (Wildman–Crippen MR) is 132 cm³/mol. The van der Waals surface area contributed by atoms with Gasteiger partial charge in [-0.15, -0.1) is 0 Å². The first-order valence-electron chi connectivity index (χ1n) is 11.3. The maximum absolute atomic E-state index is 13.8. The molecule has 0 saturated carbocycles. The maximum atomic E-state index is 13.8. The number of carbonyl (C=O) groups excluding carboxylic acids is 2. The van der Waals surface area contributed by atoms with Crippen molar-refractivity contribution in [3.05, 3.63) is 106 Å². The van der Waals surface area contributed by atoms with Crippen molar-refractivity contribution >= 4 is 34.7 Å². The summed E-state index contributed by atoms with van der Waals surface area (Å²) in [5.41, 5.74) is 5.20. The van der Waals surface area contributed by atoms with Crippen LogP contribution in [0, 0.1) is 0 Å². The standard InChI is InChI=1S/C28H25ClN2O2/c1-2-26(33)31-24-11-7-6-10-22(24)30-23-16-20(18-8-4-3-5-9-18)17-25(32)27(23)28(31)19-12-14-21(29)15-13-19/h3-15,20,28,30H,2,16-17H2,1H3/t20-,28+/m1/s1. The quantitative estimate of drug-likeness (QED) is 0.480. The zero-order valence-corrected chi connectivity index (χ0v) is 19.2. The summed E-state index contributed by atoms with van der Waals surface area (Å²) >= 11 is 6.17. The second-order valence-electron chi connectivity index (χ2n) is 8.54. The van der Waals surface area contributed by atoms with Gasteiger partial charge in [-0.05, 0) is 47.7 Å². The zero-order chi connectivity index (χ0) is 22.9. The van der Waals surface area contributed by atoms with E-state index >= 15 is 0 Å². The van der Waals surface area contributed by atoms with E-state index in [9.17, 15) is 9.59 Å². The molecule has 33 heavy (non-hydrogen) atoms. The molecule has 1 aliphatic heterocycles. The Morgan fingerprint density at radius 2 is 1.64 bits per heavy atom. The van der Waals surface area contributed by atoms with Crippen LogP contribution in [0.1, 0.15) is 49.3 Å². The number of para-hydroxylation sites is 2. The minimum Gasteiger partial charge on any atom is -0.357 e. The number of rotatable bonds is 3. The highest BCUT2D eigenvalue weighted by Crippen LogP contribution is 2.47. The highest BCUT2D eigenvalue weighted by atomic mass is 35.5. The number of carbonyl (C=O) groups is 2. The number of halogens is 1. The second-order valence-corrected chi connectivity index (χ2v) is 8.98. The molecule has 2 atom stereocenters. The smallest absolute Gasteiger partial charge is 0.227 e. The molecule has 0 radical (unpaired) electrons. The molecule has 3 aromatic carbocycles. The van der Waals surface area contributed by atoms with Crippen molar-refractivity contribution in [3.63, 3.8) is 0 Å². The van der Waals surface area contributed by atoms with Gasteiger partial charge in [-0.25, -0.2) is 0 Å². The Balaban J connectivity index is 1.71. The van der Waals surface area contributed by atoms with E-state index in [1.807, 2.05) is 73.7 Å². The van der Waals surface area contributed by atoms with Gasteiger partial charge in [0.15, 0.2) is 5.78 Å². The summed E-state index contributed by atoms with van der Waals surface area (Å²) in [4.78, 5) is 28.9. The van der Waals surface area contributed by atoms with Crippen molar-refractivity contribution in [3.8, 4) is 0 Å². The molecule has 1 amide bonds. The Bertz CT molecular complexity index is 1230. The molecular formula is C28H25ClN2O2. The van der Waals surface area contributed by atoms with Gasteiger partial charge >= 0.3 is 0 Å². The lowest BCUT2D eigenvalue weighted by atomic mass is 9.78. The average Bonchev–Trinajstić information content (AvgIpc) is 2.99. The number of hydrogen-bond donors (Lipinski definition) is 1. The normalized spacial score (nSPS) is 19.9. The summed E-state index contributed by atoms with van der Waals surface area (Å²) in [6.45, 7) is 1.85. The van der Waals surface area contributed by atoms with Gasteiger partial charge in [0.1, 0.15) is 0 Å². The molecule has 1 aliphatic carbocycles. The number of fused-ring (bicyclic) bond motifs is 1. The van der Waals surface area contributed by atoms with E-state index in [1.165, 1.54) is 0 Å². The van der Waals surface area contributed by atoms with Crippen LogP contribution in [-0.2, 0) is 9.59 Å². The molecule has 0 aromatic heterocycles. The molecule has 0 fully saturated rings. The fraction of sp³-hybridized carbons (Fsp3) is 0.214. The van der Waals surface area contributed by atoms with Crippen LogP contribution in [0.5, 0.6) is 0 Å². The van der Waals surface area contributed by atoms with E-state index in [-0.39, 0.29) is 17.6 Å². The highest BCUT2D eigenvalue weighted by molar-refractivity contribution is 6.30. The van der Waals surface area contributed by atoms with Gasteiger partial charge in [-0.2, -0.15) is 0 Å². The summed E-state index contributed by atoms with van der Waals surface area (Å²) in [5.74, 6) is 0.131. The summed E-state index contributed by atoms with van der Waals surface area (Å²) in [5, 5.41) is 4.17. The van der Waals surface area contributed by atoms with Gasteiger partial charge < -0.3 is 5.32 Å². The lowest BCUT2D eigenvalue weighted by Gasteiger charge is -2.35. The molecule has 0 bridgehead atoms. The third kappa shape index (κ3) is 3.96. The molecule has 5 heteroatoms. The number of anilines is 2. The Morgan fingerprint density at radius 1 is 0.939 bits per heavy atom. The Labute approximate surface area is 198 Å². The fourth-order valence-electron chi connectivity index (χ4n) is 4.96. The van der Waals surface area contributed by atoms with E-state index in [4.69, 9.17) is 11.6 Å². The first kappa shape index (κ1) is 21.5. The molecule has 3 aromatic rings. The molecule has 4 nitrogen and oxygen atoms in total. The number of ketones is 1. The van der Waals surface area contributed by atoms with Crippen LogP contribution < -0.4 is 10.2 Å². The maximum Gasteiger partial charge on any atom is 0.227 e. The largest absolute Gasteiger partial charge is 0.357 e. The van der Waals surface area contributed by atoms with Crippen molar-refractivity contribution in [1.82, 2.24) is 0 Å². The Kier molecular flexibility index (Phi) is 5.77. The van der Waals surface area contributed by atoms with Gasteiger partial charge in [0, 0.05) is 29.1 Å². The van der Waals surface area contributed by atoms with Crippen LogP contribution in [0.3, 0.4) is 0 Å². The monoisotopic (exact) mass is 456 g/mol. The molecule has 166 valence electrons. The van der Waals surface area contributed by atoms with Gasteiger partial charge in [0.25, 0.3) is 0 Å². The predicted octanol–water partition coefficient (Wildman–Crippen LogP) is 6.65. The SMILES string of the molecule is CCC(=O)N1c2ccccc2NC2=C(C(=O)C[C@H](c3ccccc3)C2)[C@@H]1c1ccc(Cl)cc1. The number of nitrogens with zero attached hydrogens (tertiary/aromatic N) is 1. The summed E-state index contributed by atoms with van der Waals surface area (Å²) < 4.78 is 0. The van der Waals surface area contributed by atoms with E-state index in [0.717, 1.165) is 28.2 Å². The third-order valence-electron chi connectivity index (χ3n) is 6.52. The van der Waals surface area contributed by atoms with Crippen molar-refractivity contribution in [2.75, 3.05) is 10.2 Å². The molecule has 1 heterocycles. The molecule has 0 saturated heterocycles. The van der Waals surface area contributed by atoms with Crippen molar-refractivity contribution in [2.45, 2.75) is 38.1 Å².